The zero-order valence-electron chi connectivity index (χ0n) is 9.06. The minimum Gasteiger partial charge on any atom is -0.469 e. The van der Waals surface area contributed by atoms with E-state index >= 15 is 0 Å². The Morgan fingerprint density at radius 2 is 2.18 bits per heavy atom. The van der Waals surface area contributed by atoms with Crippen molar-refractivity contribution in [3.05, 3.63) is 33.3 Å². The third-order valence-electron chi connectivity index (χ3n) is 2.25. The number of aliphatic hydroxyl groups is 2. The summed E-state index contributed by atoms with van der Waals surface area (Å²) in [6.45, 7) is 0. The molecule has 0 spiro atoms. The molecule has 4 nitrogen and oxygen atoms in total. The summed E-state index contributed by atoms with van der Waals surface area (Å²) < 4.78 is 5.02. The van der Waals surface area contributed by atoms with Gasteiger partial charge in [0.15, 0.2) is 0 Å². The average Bonchev–Trinajstić information content (AvgIpc) is 2.31. The molecule has 0 saturated heterocycles. The molecule has 0 radical (unpaired) electrons. The molecule has 0 bridgehead atoms. The zero-order chi connectivity index (χ0) is 13.0. The van der Waals surface area contributed by atoms with Crippen molar-refractivity contribution in [1.29, 1.82) is 0 Å². The molecule has 2 unspecified atom stereocenters. The number of carbonyl (C=O) groups excluding carboxylic acids is 1. The van der Waals surface area contributed by atoms with Gasteiger partial charge in [-0.15, -0.1) is 0 Å². The molecular weight excluding hydrogens is 311 g/mol. The molecule has 0 aliphatic carbocycles. The zero-order valence-corrected chi connectivity index (χ0v) is 11.4. The molecule has 0 aliphatic heterocycles. The molecule has 6 heteroatoms. The Bertz CT molecular complexity index is 410. The highest BCUT2D eigenvalue weighted by atomic mass is 79.9. The maximum Gasteiger partial charge on any atom is 0.308 e. The highest BCUT2D eigenvalue weighted by Crippen LogP contribution is 2.28. The smallest absolute Gasteiger partial charge is 0.308 e. The Labute approximate surface area is 112 Å². The summed E-state index contributed by atoms with van der Waals surface area (Å²) in [6.07, 6.45) is -2.64. The lowest BCUT2D eigenvalue weighted by atomic mass is 10.0. The van der Waals surface area contributed by atoms with E-state index in [9.17, 15) is 15.0 Å². The maximum atomic E-state index is 11.0. The van der Waals surface area contributed by atoms with Gasteiger partial charge in [0.05, 0.1) is 24.7 Å². The number of esters is 1. The van der Waals surface area contributed by atoms with E-state index in [1.807, 2.05) is 0 Å². The van der Waals surface area contributed by atoms with Gasteiger partial charge in [0, 0.05) is 4.47 Å². The van der Waals surface area contributed by atoms with E-state index < -0.39 is 18.2 Å². The summed E-state index contributed by atoms with van der Waals surface area (Å²) in [4.78, 5) is 11.0. The van der Waals surface area contributed by atoms with Crippen molar-refractivity contribution in [3.8, 4) is 0 Å². The predicted octanol–water partition coefficient (Wildman–Crippen LogP) is 2.06. The molecule has 1 aromatic carbocycles. The summed E-state index contributed by atoms with van der Waals surface area (Å²) in [5, 5.41) is 20.0. The van der Waals surface area contributed by atoms with Crippen molar-refractivity contribution in [2.24, 2.45) is 0 Å². The van der Waals surface area contributed by atoms with Crippen molar-refractivity contribution in [2.45, 2.75) is 18.6 Å². The number of carbonyl (C=O) groups is 1. The van der Waals surface area contributed by atoms with Crippen molar-refractivity contribution >= 4 is 33.5 Å². The number of hydrogen-bond donors (Lipinski definition) is 2. The van der Waals surface area contributed by atoms with E-state index in [4.69, 9.17) is 11.6 Å². The Hall–Kier alpha value is -0.620. The number of halogens is 2. The van der Waals surface area contributed by atoms with E-state index in [-0.39, 0.29) is 6.42 Å². The van der Waals surface area contributed by atoms with Gasteiger partial charge in [-0.25, -0.2) is 0 Å². The third-order valence-corrected chi connectivity index (χ3v) is 3.47. The molecule has 0 heterocycles. The van der Waals surface area contributed by atoms with Crippen LogP contribution in [0.4, 0.5) is 0 Å². The monoisotopic (exact) mass is 322 g/mol. The van der Waals surface area contributed by atoms with Crippen LogP contribution in [0.1, 0.15) is 18.1 Å². The van der Waals surface area contributed by atoms with Crippen LogP contribution in [-0.4, -0.2) is 29.4 Å². The second-order valence-electron chi connectivity index (χ2n) is 3.47. The minimum atomic E-state index is -1.21. The molecule has 94 valence electrons. The lowest BCUT2D eigenvalue weighted by Crippen LogP contribution is -2.22. The molecule has 2 N–H and O–H groups in total. The minimum absolute atomic E-state index is 0.266. The van der Waals surface area contributed by atoms with Crippen LogP contribution in [0.5, 0.6) is 0 Å². The normalized spacial score (nSPS) is 14.2. The summed E-state index contributed by atoms with van der Waals surface area (Å²) in [5.41, 5.74) is 0.470. The number of benzene rings is 1. The Balaban J connectivity index is 2.77. The van der Waals surface area contributed by atoms with Crippen LogP contribution in [0.15, 0.2) is 22.7 Å². The number of methoxy groups -OCH3 is 1. The quantitative estimate of drug-likeness (QED) is 0.832. The first kappa shape index (κ1) is 14.4. The largest absolute Gasteiger partial charge is 0.469 e. The molecule has 2 atom stereocenters. The van der Waals surface area contributed by atoms with Gasteiger partial charge in [-0.05, 0) is 33.6 Å². The second-order valence-corrected chi connectivity index (χ2v) is 4.73. The summed E-state index contributed by atoms with van der Waals surface area (Å²) in [7, 11) is 1.22. The van der Waals surface area contributed by atoms with Crippen LogP contribution < -0.4 is 0 Å². The van der Waals surface area contributed by atoms with Crippen LogP contribution in [0, 0.1) is 0 Å². The van der Waals surface area contributed by atoms with Crippen molar-refractivity contribution < 1.29 is 19.7 Å². The first-order chi connectivity index (χ1) is 7.95. The van der Waals surface area contributed by atoms with Crippen LogP contribution >= 0.6 is 27.5 Å². The van der Waals surface area contributed by atoms with Gasteiger partial charge in [-0.3, -0.25) is 4.79 Å². The maximum absolute atomic E-state index is 11.0. The number of ether oxygens (including phenoxy) is 1. The molecular formula is C11H12BrClO4. The highest BCUT2D eigenvalue weighted by Gasteiger charge is 2.22. The first-order valence-electron chi connectivity index (χ1n) is 4.83. The summed E-state index contributed by atoms with van der Waals surface area (Å²) in [5.74, 6) is -0.579. The van der Waals surface area contributed by atoms with Gasteiger partial charge in [-0.1, -0.05) is 17.7 Å². The van der Waals surface area contributed by atoms with E-state index in [0.29, 0.717) is 15.1 Å². The van der Waals surface area contributed by atoms with Crippen LogP contribution in [0.3, 0.4) is 0 Å². The number of rotatable bonds is 4. The molecule has 17 heavy (non-hydrogen) atoms. The third kappa shape index (κ3) is 3.96. The number of aliphatic hydroxyl groups excluding tert-OH is 2. The van der Waals surface area contributed by atoms with Gasteiger partial charge >= 0.3 is 5.97 Å². The van der Waals surface area contributed by atoms with Gasteiger partial charge in [0.25, 0.3) is 0 Å². The molecule has 1 rings (SSSR count). The first-order valence-corrected chi connectivity index (χ1v) is 6.00. The van der Waals surface area contributed by atoms with Crippen LogP contribution in [0.25, 0.3) is 0 Å². The molecule has 0 aromatic heterocycles. The Morgan fingerprint density at radius 3 is 2.71 bits per heavy atom. The molecule has 0 aliphatic rings. The molecule has 0 fully saturated rings. The predicted molar refractivity (Wildman–Crippen MR) is 66.8 cm³/mol. The van der Waals surface area contributed by atoms with E-state index in [1.54, 1.807) is 18.2 Å². The van der Waals surface area contributed by atoms with Crippen molar-refractivity contribution in [3.63, 3.8) is 0 Å². The summed E-state index contributed by atoms with van der Waals surface area (Å²) >= 11 is 9.02. The lowest BCUT2D eigenvalue weighted by molar-refractivity contribution is -0.144. The van der Waals surface area contributed by atoms with E-state index in [1.165, 1.54) is 7.11 Å². The Morgan fingerprint density at radius 1 is 1.53 bits per heavy atom. The van der Waals surface area contributed by atoms with Gasteiger partial charge in [0.2, 0.25) is 0 Å². The standard InChI is InChI=1S/C11H12BrClO4/c1-17-10(15)5-9(14)11(16)6-2-3-8(13)7(12)4-6/h2-4,9,11,14,16H,5H2,1H3. The average molecular weight is 324 g/mol. The fourth-order valence-corrected chi connectivity index (χ4v) is 1.80. The number of hydrogen-bond acceptors (Lipinski definition) is 4. The Kier molecular flexibility index (Phi) is 5.39. The van der Waals surface area contributed by atoms with Crippen molar-refractivity contribution in [1.82, 2.24) is 0 Å². The molecule has 0 saturated carbocycles. The SMILES string of the molecule is COC(=O)CC(O)C(O)c1ccc(Cl)c(Br)c1. The van der Waals surface area contributed by atoms with Gasteiger partial charge in [-0.2, -0.15) is 0 Å². The fraction of sp³-hybridized carbons (Fsp3) is 0.364. The van der Waals surface area contributed by atoms with E-state index in [2.05, 4.69) is 20.7 Å². The lowest BCUT2D eigenvalue weighted by Gasteiger charge is -2.17. The van der Waals surface area contributed by atoms with Crippen LogP contribution in [0.2, 0.25) is 5.02 Å². The molecule has 1 aromatic rings. The molecule has 0 amide bonds. The van der Waals surface area contributed by atoms with Gasteiger partial charge < -0.3 is 14.9 Å². The topological polar surface area (TPSA) is 66.8 Å². The van der Waals surface area contributed by atoms with Gasteiger partial charge in [0.1, 0.15) is 6.10 Å². The highest BCUT2D eigenvalue weighted by molar-refractivity contribution is 9.10. The summed E-state index contributed by atoms with van der Waals surface area (Å²) in [6, 6.07) is 4.76. The second kappa shape index (κ2) is 6.35. The van der Waals surface area contributed by atoms with Crippen LogP contribution in [-0.2, 0) is 9.53 Å². The fourth-order valence-electron chi connectivity index (χ4n) is 1.28. The van der Waals surface area contributed by atoms with E-state index in [0.717, 1.165) is 0 Å². The van der Waals surface area contributed by atoms with Crippen molar-refractivity contribution in [2.75, 3.05) is 7.11 Å².